The Bertz CT molecular complexity index is 654. The van der Waals surface area contributed by atoms with Crippen LogP contribution in [0, 0.1) is 11.8 Å². The Morgan fingerprint density at radius 1 is 1.04 bits per heavy atom. The molecule has 1 aliphatic carbocycles. The maximum absolute atomic E-state index is 13.0. The second kappa shape index (κ2) is 8.88. The number of hydrogen-bond acceptors (Lipinski definition) is 1. The molecule has 9 heteroatoms. The van der Waals surface area contributed by atoms with Gasteiger partial charge >= 0.3 is 12.4 Å². The van der Waals surface area contributed by atoms with Crippen LogP contribution < -0.4 is 10.6 Å². The maximum atomic E-state index is 13.0. The van der Waals surface area contributed by atoms with Gasteiger partial charge in [-0.1, -0.05) is 33.1 Å². The Labute approximate surface area is 166 Å². The second-order valence-corrected chi connectivity index (χ2v) is 7.74. The molecule has 2 rings (SSSR count). The SMILES string of the molecule is CCC(C)C1CCCCC1NC(=S)Nc1cc(C(F)(F)F)cc(C(F)(F)F)c1. The number of nitrogens with one attached hydrogen (secondary N) is 2. The van der Waals surface area contributed by atoms with Crippen LogP contribution in [-0.2, 0) is 12.4 Å². The summed E-state index contributed by atoms with van der Waals surface area (Å²) < 4.78 is 77.9. The van der Waals surface area contributed by atoms with E-state index in [2.05, 4.69) is 24.5 Å². The van der Waals surface area contributed by atoms with Crippen molar-refractivity contribution in [3.63, 3.8) is 0 Å². The third-order valence-electron chi connectivity index (χ3n) is 5.36. The van der Waals surface area contributed by atoms with Crippen LogP contribution in [0.3, 0.4) is 0 Å². The van der Waals surface area contributed by atoms with Gasteiger partial charge in [0.1, 0.15) is 0 Å². The monoisotopic (exact) mass is 426 g/mol. The summed E-state index contributed by atoms with van der Waals surface area (Å²) in [5, 5.41) is 5.65. The van der Waals surface area contributed by atoms with Gasteiger partial charge in [-0.3, -0.25) is 0 Å². The summed E-state index contributed by atoms with van der Waals surface area (Å²) in [7, 11) is 0. The van der Waals surface area contributed by atoms with Crippen LogP contribution in [0.25, 0.3) is 0 Å². The van der Waals surface area contributed by atoms with Crippen molar-refractivity contribution in [2.45, 2.75) is 64.3 Å². The van der Waals surface area contributed by atoms with Crippen LogP contribution in [0.15, 0.2) is 18.2 Å². The molecular weight excluding hydrogens is 402 g/mol. The molecule has 3 atom stereocenters. The van der Waals surface area contributed by atoms with Crippen LogP contribution in [0.4, 0.5) is 32.0 Å². The fourth-order valence-electron chi connectivity index (χ4n) is 3.69. The van der Waals surface area contributed by atoms with Crippen LogP contribution in [0.2, 0.25) is 0 Å². The van der Waals surface area contributed by atoms with Gasteiger partial charge in [0.25, 0.3) is 0 Å². The fraction of sp³-hybridized carbons (Fsp3) is 0.632. The molecule has 0 spiro atoms. The van der Waals surface area contributed by atoms with Gasteiger partial charge in [0, 0.05) is 11.7 Å². The zero-order valence-electron chi connectivity index (χ0n) is 15.7. The highest BCUT2D eigenvalue weighted by Crippen LogP contribution is 2.37. The largest absolute Gasteiger partial charge is 0.416 e. The van der Waals surface area contributed by atoms with Crippen molar-refractivity contribution in [3.05, 3.63) is 29.3 Å². The molecule has 0 saturated heterocycles. The summed E-state index contributed by atoms with van der Waals surface area (Å²) >= 11 is 5.18. The Morgan fingerprint density at radius 2 is 1.57 bits per heavy atom. The third kappa shape index (κ3) is 5.99. The van der Waals surface area contributed by atoms with Crippen LogP contribution in [0.5, 0.6) is 0 Å². The van der Waals surface area contributed by atoms with Gasteiger partial charge in [-0.2, -0.15) is 26.3 Å². The van der Waals surface area contributed by atoms with E-state index in [1.807, 2.05) is 0 Å². The molecule has 1 fully saturated rings. The van der Waals surface area contributed by atoms with E-state index < -0.39 is 23.5 Å². The molecule has 3 unspecified atom stereocenters. The standard InChI is InChI=1S/C19H24F6N2S/c1-3-11(2)15-6-4-5-7-16(15)27-17(28)26-14-9-12(18(20,21)22)8-13(10-14)19(23,24)25/h8-11,15-16H,3-7H2,1-2H3,(H2,26,27,28). The predicted octanol–water partition coefficient (Wildman–Crippen LogP) is 6.62. The van der Waals surface area contributed by atoms with E-state index in [4.69, 9.17) is 12.2 Å². The topological polar surface area (TPSA) is 24.1 Å². The molecule has 1 saturated carbocycles. The zero-order chi connectivity index (χ0) is 21.1. The molecule has 1 aliphatic rings. The number of benzene rings is 1. The van der Waals surface area contributed by atoms with Crippen LogP contribution >= 0.6 is 12.2 Å². The molecule has 158 valence electrons. The Hall–Kier alpha value is -1.51. The quantitative estimate of drug-likeness (QED) is 0.418. The molecule has 0 bridgehead atoms. The van der Waals surface area contributed by atoms with Crippen molar-refractivity contribution in [2.75, 3.05) is 5.32 Å². The molecule has 1 aromatic carbocycles. The van der Waals surface area contributed by atoms with Gasteiger partial charge in [-0.05, 0) is 55.1 Å². The number of alkyl halides is 6. The first-order valence-corrected chi connectivity index (χ1v) is 9.69. The van der Waals surface area contributed by atoms with Crippen LogP contribution in [0.1, 0.15) is 57.1 Å². The molecule has 2 N–H and O–H groups in total. The predicted molar refractivity (Wildman–Crippen MR) is 101 cm³/mol. The number of anilines is 1. The molecule has 1 aromatic rings. The molecule has 0 radical (unpaired) electrons. The highest BCUT2D eigenvalue weighted by atomic mass is 32.1. The molecular formula is C19H24F6N2S. The lowest BCUT2D eigenvalue weighted by molar-refractivity contribution is -0.143. The Morgan fingerprint density at radius 3 is 2.07 bits per heavy atom. The zero-order valence-corrected chi connectivity index (χ0v) is 16.5. The van der Waals surface area contributed by atoms with Crippen molar-refractivity contribution in [1.29, 1.82) is 0 Å². The summed E-state index contributed by atoms with van der Waals surface area (Å²) in [6.45, 7) is 4.23. The molecule has 0 heterocycles. The van der Waals surface area contributed by atoms with E-state index in [-0.39, 0.29) is 22.9 Å². The minimum Gasteiger partial charge on any atom is -0.359 e. The summed E-state index contributed by atoms with van der Waals surface area (Å²) in [5.41, 5.74) is -3.08. The van der Waals surface area contributed by atoms with Crippen molar-refractivity contribution in [3.8, 4) is 0 Å². The lowest BCUT2D eigenvalue weighted by atomic mass is 9.76. The summed E-state index contributed by atoms with van der Waals surface area (Å²) in [6, 6.07) is 1.42. The van der Waals surface area contributed by atoms with Gasteiger partial charge < -0.3 is 10.6 Å². The maximum Gasteiger partial charge on any atom is 0.416 e. The molecule has 0 aliphatic heterocycles. The number of thiocarbonyl (C=S) groups is 1. The normalized spacial score (nSPS) is 21.9. The first-order chi connectivity index (χ1) is 12.9. The molecule has 0 amide bonds. The van der Waals surface area contributed by atoms with Crippen molar-refractivity contribution >= 4 is 23.0 Å². The summed E-state index contributed by atoms with van der Waals surface area (Å²) in [5.74, 6) is 0.816. The first kappa shape index (κ1) is 22.8. The number of halogens is 6. The Kier molecular flexibility index (Phi) is 7.22. The van der Waals surface area contributed by atoms with E-state index in [1.165, 1.54) is 0 Å². The van der Waals surface area contributed by atoms with Gasteiger partial charge in [-0.25, -0.2) is 0 Å². The van der Waals surface area contributed by atoms with E-state index in [0.717, 1.165) is 32.1 Å². The average molecular weight is 426 g/mol. The smallest absolute Gasteiger partial charge is 0.359 e. The molecule has 2 nitrogen and oxygen atoms in total. The lowest BCUT2D eigenvalue weighted by Gasteiger charge is -2.36. The number of hydrogen-bond donors (Lipinski definition) is 2. The molecule has 28 heavy (non-hydrogen) atoms. The highest BCUT2D eigenvalue weighted by Gasteiger charge is 2.37. The van der Waals surface area contributed by atoms with Crippen molar-refractivity contribution in [2.24, 2.45) is 11.8 Å². The van der Waals surface area contributed by atoms with E-state index >= 15 is 0 Å². The van der Waals surface area contributed by atoms with E-state index in [0.29, 0.717) is 24.0 Å². The van der Waals surface area contributed by atoms with Gasteiger partial charge in [0.15, 0.2) is 5.11 Å². The highest BCUT2D eigenvalue weighted by molar-refractivity contribution is 7.80. The van der Waals surface area contributed by atoms with Crippen molar-refractivity contribution < 1.29 is 26.3 Å². The van der Waals surface area contributed by atoms with Gasteiger partial charge in [0.05, 0.1) is 11.1 Å². The number of rotatable bonds is 4. The lowest BCUT2D eigenvalue weighted by Crippen LogP contribution is -2.45. The third-order valence-corrected chi connectivity index (χ3v) is 5.58. The summed E-state index contributed by atoms with van der Waals surface area (Å²) in [4.78, 5) is 0. The summed E-state index contributed by atoms with van der Waals surface area (Å²) in [6.07, 6.45) is -4.78. The van der Waals surface area contributed by atoms with Crippen LogP contribution in [-0.4, -0.2) is 11.2 Å². The van der Waals surface area contributed by atoms with Gasteiger partial charge in [-0.15, -0.1) is 0 Å². The van der Waals surface area contributed by atoms with Gasteiger partial charge in [0.2, 0.25) is 0 Å². The molecule has 0 aromatic heterocycles. The van der Waals surface area contributed by atoms with E-state index in [9.17, 15) is 26.3 Å². The fourth-order valence-corrected chi connectivity index (χ4v) is 3.95. The van der Waals surface area contributed by atoms with E-state index in [1.54, 1.807) is 0 Å². The average Bonchev–Trinajstić information content (AvgIpc) is 2.59. The van der Waals surface area contributed by atoms with Crippen molar-refractivity contribution in [1.82, 2.24) is 5.32 Å². The Balaban J connectivity index is 2.18. The minimum atomic E-state index is -4.89. The minimum absolute atomic E-state index is 0.0349. The first-order valence-electron chi connectivity index (χ1n) is 9.28. The second-order valence-electron chi connectivity index (χ2n) is 7.33.